The quantitative estimate of drug-likeness (QED) is 0.667. The predicted molar refractivity (Wildman–Crippen MR) is 43.6 cm³/mol. The molecule has 0 atom stereocenters. The zero-order chi connectivity index (χ0) is 10.8. The zero-order valence-electron chi connectivity index (χ0n) is 7.99. The molecule has 0 aromatic rings. The standard InChI is InChI=1S/C9H13F3O2/c1-2-14-7(13)3-4-8(5-6-8)9(10,11)12/h2-6H2,1H3. The van der Waals surface area contributed by atoms with Crippen molar-refractivity contribution in [1.82, 2.24) is 0 Å². The van der Waals surface area contributed by atoms with Crippen LogP contribution in [0.25, 0.3) is 0 Å². The summed E-state index contributed by atoms with van der Waals surface area (Å²) in [6.45, 7) is 1.85. The number of ether oxygens (including phenoxy) is 1. The minimum atomic E-state index is -4.17. The normalized spacial score (nSPS) is 19.1. The molecule has 2 nitrogen and oxygen atoms in total. The lowest BCUT2D eigenvalue weighted by Gasteiger charge is -2.18. The van der Waals surface area contributed by atoms with Crippen LogP contribution in [0.4, 0.5) is 13.2 Å². The molecular weight excluding hydrogens is 197 g/mol. The molecule has 0 amide bonds. The number of halogens is 3. The van der Waals surface area contributed by atoms with Crippen LogP contribution in [-0.4, -0.2) is 18.8 Å². The fraction of sp³-hybridized carbons (Fsp3) is 0.889. The summed E-state index contributed by atoms with van der Waals surface area (Å²) in [4.78, 5) is 10.9. The van der Waals surface area contributed by atoms with Crippen molar-refractivity contribution < 1.29 is 22.7 Å². The molecule has 0 bridgehead atoms. The molecule has 1 saturated carbocycles. The summed E-state index contributed by atoms with van der Waals surface area (Å²) in [6, 6.07) is 0. The Labute approximate surface area is 80.4 Å². The monoisotopic (exact) mass is 210 g/mol. The van der Waals surface area contributed by atoms with Crippen LogP contribution in [0.2, 0.25) is 0 Å². The zero-order valence-corrected chi connectivity index (χ0v) is 7.99. The first-order valence-electron chi connectivity index (χ1n) is 4.64. The minimum absolute atomic E-state index is 0.130. The van der Waals surface area contributed by atoms with Crippen molar-refractivity contribution in [3.05, 3.63) is 0 Å². The Balaban J connectivity index is 2.35. The summed E-state index contributed by atoms with van der Waals surface area (Å²) in [7, 11) is 0. The van der Waals surface area contributed by atoms with Crippen LogP contribution < -0.4 is 0 Å². The van der Waals surface area contributed by atoms with E-state index < -0.39 is 17.6 Å². The summed E-state index contributed by atoms with van der Waals surface area (Å²) in [6.07, 6.45) is -4.13. The average molecular weight is 210 g/mol. The maximum Gasteiger partial charge on any atom is 0.394 e. The Morgan fingerprint density at radius 2 is 2.00 bits per heavy atom. The second-order valence-electron chi connectivity index (χ2n) is 3.58. The SMILES string of the molecule is CCOC(=O)CCC1(C(F)(F)F)CC1. The molecule has 14 heavy (non-hydrogen) atoms. The Hall–Kier alpha value is -0.740. The minimum Gasteiger partial charge on any atom is -0.466 e. The molecule has 0 heterocycles. The Morgan fingerprint density at radius 3 is 2.36 bits per heavy atom. The van der Waals surface area contributed by atoms with Gasteiger partial charge in [-0.2, -0.15) is 13.2 Å². The molecular formula is C9H13F3O2. The van der Waals surface area contributed by atoms with Crippen molar-refractivity contribution in [3.63, 3.8) is 0 Å². The lowest BCUT2D eigenvalue weighted by atomic mass is 10.00. The van der Waals surface area contributed by atoms with Gasteiger partial charge in [0.15, 0.2) is 0 Å². The van der Waals surface area contributed by atoms with Gasteiger partial charge >= 0.3 is 12.1 Å². The molecule has 1 aliphatic carbocycles. The number of carbonyl (C=O) groups is 1. The molecule has 0 N–H and O–H groups in total. The van der Waals surface area contributed by atoms with Gasteiger partial charge in [-0.05, 0) is 26.2 Å². The molecule has 0 aliphatic heterocycles. The summed E-state index contributed by atoms with van der Waals surface area (Å²) < 4.78 is 41.7. The van der Waals surface area contributed by atoms with E-state index in [1.807, 2.05) is 0 Å². The number of rotatable bonds is 4. The Bertz CT molecular complexity index is 219. The molecule has 0 spiro atoms. The van der Waals surface area contributed by atoms with Crippen molar-refractivity contribution in [2.75, 3.05) is 6.61 Å². The van der Waals surface area contributed by atoms with Gasteiger partial charge in [-0.25, -0.2) is 0 Å². The molecule has 0 unspecified atom stereocenters. The molecule has 82 valence electrons. The molecule has 1 aliphatic rings. The first-order chi connectivity index (χ1) is 6.41. The summed E-state index contributed by atoms with van der Waals surface area (Å²) in [5.41, 5.74) is -1.58. The van der Waals surface area contributed by atoms with Crippen LogP contribution in [0.1, 0.15) is 32.6 Å². The van der Waals surface area contributed by atoms with Gasteiger partial charge < -0.3 is 4.74 Å². The van der Waals surface area contributed by atoms with Crippen LogP contribution in [0.5, 0.6) is 0 Å². The highest BCUT2D eigenvalue weighted by Crippen LogP contribution is 2.60. The second kappa shape index (κ2) is 3.79. The maximum atomic E-state index is 12.4. The second-order valence-corrected chi connectivity index (χ2v) is 3.58. The van der Waals surface area contributed by atoms with Gasteiger partial charge in [-0.3, -0.25) is 4.79 Å². The fourth-order valence-electron chi connectivity index (χ4n) is 1.40. The van der Waals surface area contributed by atoms with Gasteiger partial charge in [-0.15, -0.1) is 0 Å². The van der Waals surface area contributed by atoms with E-state index in [0.717, 1.165) is 0 Å². The molecule has 0 aromatic heterocycles. The average Bonchev–Trinajstić information content (AvgIpc) is 2.80. The van der Waals surface area contributed by atoms with E-state index in [-0.39, 0.29) is 32.3 Å². The Morgan fingerprint density at radius 1 is 1.43 bits per heavy atom. The van der Waals surface area contributed by atoms with Crippen molar-refractivity contribution in [2.45, 2.75) is 38.8 Å². The highest BCUT2D eigenvalue weighted by Gasteiger charge is 2.62. The van der Waals surface area contributed by atoms with Crippen molar-refractivity contribution in [3.8, 4) is 0 Å². The van der Waals surface area contributed by atoms with E-state index in [1.165, 1.54) is 0 Å². The molecule has 0 saturated heterocycles. The third-order valence-electron chi connectivity index (χ3n) is 2.57. The number of carbonyl (C=O) groups excluding carboxylic acids is 1. The van der Waals surface area contributed by atoms with E-state index in [4.69, 9.17) is 0 Å². The van der Waals surface area contributed by atoms with Gasteiger partial charge in [0.05, 0.1) is 12.0 Å². The molecule has 0 aromatic carbocycles. The number of alkyl halides is 3. The van der Waals surface area contributed by atoms with E-state index in [9.17, 15) is 18.0 Å². The lowest BCUT2D eigenvalue weighted by molar-refractivity contribution is -0.190. The topological polar surface area (TPSA) is 26.3 Å². The predicted octanol–water partition coefficient (Wildman–Crippen LogP) is 2.67. The van der Waals surface area contributed by atoms with Gasteiger partial charge in [0, 0.05) is 6.42 Å². The highest BCUT2D eigenvalue weighted by molar-refractivity contribution is 5.69. The molecule has 1 fully saturated rings. The van der Waals surface area contributed by atoms with Gasteiger partial charge in [-0.1, -0.05) is 0 Å². The third-order valence-corrected chi connectivity index (χ3v) is 2.57. The van der Waals surface area contributed by atoms with Crippen LogP contribution in [-0.2, 0) is 9.53 Å². The van der Waals surface area contributed by atoms with Crippen LogP contribution in [0.3, 0.4) is 0 Å². The van der Waals surface area contributed by atoms with Crippen molar-refractivity contribution >= 4 is 5.97 Å². The largest absolute Gasteiger partial charge is 0.466 e. The lowest BCUT2D eigenvalue weighted by Crippen LogP contribution is -2.25. The van der Waals surface area contributed by atoms with Crippen molar-refractivity contribution in [1.29, 1.82) is 0 Å². The molecule has 5 heteroatoms. The molecule has 0 radical (unpaired) electrons. The Kier molecular flexibility index (Phi) is 3.07. The van der Waals surface area contributed by atoms with Gasteiger partial charge in [0.1, 0.15) is 0 Å². The maximum absolute atomic E-state index is 12.4. The van der Waals surface area contributed by atoms with E-state index in [0.29, 0.717) is 0 Å². The third kappa shape index (κ3) is 2.39. The summed E-state index contributed by atoms with van der Waals surface area (Å²) >= 11 is 0. The van der Waals surface area contributed by atoms with E-state index >= 15 is 0 Å². The van der Waals surface area contributed by atoms with Crippen molar-refractivity contribution in [2.24, 2.45) is 5.41 Å². The highest BCUT2D eigenvalue weighted by atomic mass is 19.4. The first kappa shape index (κ1) is 11.3. The summed E-state index contributed by atoms with van der Waals surface area (Å²) in [5, 5.41) is 0. The number of hydrogen-bond donors (Lipinski definition) is 0. The number of hydrogen-bond acceptors (Lipinski definition) is 2. The van der Waals surface area contributed by atoms with E-state index in [1.54, 1.807) is 6.92 Å². The summed E-state index contributed by atoms with van der Waals surface area (Å²) in [5.74, 6) is -0.539. The fourth-order valence-corrected chi connectivity index (χ4v) is 1.40. The van der Waals surface area contributed by atoms with Gasteiger partial charge in [0.2, 0.25) is 0 Å². The van der Waals surface area contributed by atoms with E-state index in [2.05, 4.69) is 4.74 Å². The number of esters is 1. The van der Waals surface area contributed by atoms with Crippen LogP contribution in [0.15, 0.2) is 0 Å². The van der Waals surface area contributed by atoms with Crippen LogP contribution >= 0.6 is 0 Å². The van der Waals surface area contributed by atoms with Gasteiger partial charge in [0.25, 0.3) is 0 Å². The van der Waals surface area contributed by atoms with Crippen LogP contribution in [0, 0.1) is 5.41 Å². The first-order valence-corrected chi connectivity index (χ1v) is 4.64. The smallest absolute Gasteiger partial charge is 0.394 e. The molecule has 1 rings (SSSR count).